The second-order valence-corrected chi connectivity index (χ2v) is 5.87. The Hall–Kier alpha value is -2.08. The highest BCUT2D eigenvalue weighted by Crippen LogP contribution is 2.37. The van der Waals surface area contributed by atoms with Gasteiger partial charge in [-0.3, -0.25) is 4.79 Å². The maximum absolute atomic E-state index is 11.1. The van der Waals surface area contributed by atoms with Gasteiger partial charge in [-0.2, -0.15) is 0 Å². The number of aldehydes is 1. The fraction of sp³-hybridized carbons (Fsp3) is 0.333. The van der Waals surface area contributed by atoms with Crippen molar-refractivity contribution in [2.75, 3.05) is 6.79 Å². The Labute approximate surface area is 126 Å². The number of hydrogen-bond acceptors (Lipinski definition) is 6. The summed E-state index contributed by atoms with van der Waals surface area (Å²) < 4.78 is 16.2. The van der Waals surface area contributed by atoms with Crippen LogP contribution in [0, 0.1) is 0 Å². The number of thiazole rings is 1. The highest BCUT2D eigenvalue weighted by Gasteiger charge is 2.18. The van der Waals surface area contributed by atoms with Crippen molar-refractivity contribution in [1.29, 1.82) is 0 Å². The number of ether oxygens (including phenoxy) is 3. The van der Waals surface area contributed by atoms with Gasteiger partial charge in [0.25, 0.3) is 0 Å². The lowest BCUT2D eigenvalue weighted by molar-refractivity contribution is 0.111. The first-order valence-corrected chi connectivity index (χ1v) is 7.51. The summed E-state index contributed by atoms with van der Waals surface area (Å²) in [6.07, 6.45) is 0.748. The molecule has 2 aromatic rings. The van der Waals surface area contributed by atoms with Gasteiger partial charge in [-0.1, -0.05) is 13.8 Å². The van der Waals surface area contributed by atoms with E-state index in [0.717, 1.165) is 17.0 Å². The number of rotatable bonds is 5. The molecule has 0 atom stereocenters. The number of nitrogens with zero attached hydrogens (tertiary/aromatic N) is 1. The molecule has 0 aliphatic carbocycles. The van der Waals surface area contributed by atoms with Crippen molar-refractivity contribution < 1.29 is 19.0 Å². The third-order valence-electron chi connectivity index (χ3n) is 3.07. The first-order chi connectivity index (χ1) is 10.2. The molecule has 0 spiro atoms. The number of aromatic nitrogens is 1. The second kappa shape index (κ2) is 5.73. The summed E-state index contributed by atoms with van der Waals surface area (Å²) in [5.74, 6) is 2.05. The Kier molecular flexibility index (Phi) is 3.79. The summed E-state index contributed by atoms with van der Waals surface area (Å²) in [6, 6.07) is 3.31. The number of carbonyl (C=O) groups excluding carboxylic acids is 1. The van der Waals surface area contributed by atoms with Crippen LogP contribution in [-0.2, 0) is 6.61 Å². The maximum Gasteiger partial charge on any atom is 0.231 e. The summed E-state index contributed by atoms with van der Waals surface area (Å²) in [7, 11) is 0. The minimum absolute atomic E-state index is 0.168. The third-order valence-corrected chi connectivity index (χ3v) is 4.27. The van der Waals surface area contributed by atoms with E-state index in [1.807, 2.05) is 5.38 Å². The zero-order valence-corrected chi connectivity index (χ0v) is 12.6. The summed E-state index contributed by atoms with van der Waals surface area (Å²) in [5.41, 5.74) is 1.30. The molecule has 0 radical (unpaired) electrons. The molecule has 1 aromatic carbocycles. The summed E-state index contributed by atoms with van der Waals surface area (Å²) in [6.45, 7) is 4.70. The number of carbonyl (C=O) groups is 1. The van der Waals surface area contributed by atoms with Crippen molar-refractivity contribution in [2.24, 2.45) is 0 Å². The Balaban J connectivity index is 1.76. The quantitative estimate of drug-likeness (QED) is 0.793. The zero-order chi connectivity index (χ0) is 14.8. The highest BCUT2D eigenvalue weighted by atomic mass is 32.1. The maximum atomic E-state index is 11.1. The van der Waals surface area contributed by atoms with Gasteiger partial charge in [0.2, 0.25) is 6.79 Å². The molecule has 5 nitrogen and oxygen atoms in total. The molecule has 0 bridgehead atoms. The van der Waals surface area contributed by atoms with Crippen LogP contribution < -0.4 is 14.2 Å². The van der Waals surface area contributed by atoms with Crippen molar-refractivity contribution in [3.8, 4) is 17.2 Å². The molecule has 0 fully saturated rings. The minimum Gasteiger partial charge on any atom is -0.486 e. The van der Waals surface area contributed by atoms with Crippen LogP contribution in [0.4, 0.5) is 0 Å². The van der Waals surface area contributed by atoms with E-state index in [1.165, 1.54) is 0 Å². The Morgan fingerprint density at radius 1 is 1.38 bits per heavy atom. The molecule has 0 N–H and O–H groups in total. The van der Waals surface area contributed by atoms with Crippen LogP contribution in [0.2, 0.25) is 0 Å². The van der Waals surface area contributed by atoms with E-state index in [1.54, 1.807) is 23.5 Å². The Morgan fingerprint density at radius 2 is 2.14 bits per heavy atom. The molecule has 1 aliphatic rings. The molecule has 110 valence electrons. The van der Waals surface area contributed by atoms with E-state index in [0.29, 0.717) is 35.3 Å². The van der Waals surface area contributed by atoms with Crippen LogP contribution in [0.5, 0.6) is 17.2 Å². The number of benzene rings is 1. The van der Waals surface area contributed by atoms with E-state index < -0.39 is 0 Å². The Morgan fingerprint density at radius 3 is 2.81 bits per heavy atom. The minimum atomic E-state index is 0.168. The molecule has 1 aromatic heterocycles. The van der Waals surface area contributed by atoms with Gasteiger partial charge < -0.3 is 14.2 Å². The monoisotopic (exact) mass is 305 g/mol. The van der Waals surface area contributed by atoms with Crippen LogP contribution in [-0.4, -0.2) is 18.1 Å². The fourth-order valence-electron chi connectivity index (χ4n) is 1.96. The molecule has 0 unspecified atom stereocenters. The van der Waals surface area contributed by atoms with E-state index >= 15 is 0 Å². The zero-order valence-electron chi connectivity index (χ0n) is 11.8. The molecule has 2 heterocycles. The largest absolute Gasteiger partial charge is 0.486 e. The molecule has 0 saturated heterocycles. The van der Waals surface area contributed by atoms with E-state index in [4.69, 9.17) is 14.2 Å². The van der Waals surface area contributed by atoms with Gasteiger partial charge in [0, 0.05) is 17.4 Å². The average Bonchev–Trinajstić information content (AvgIpc) is 3.12. The van der Waals surface area contributed by atoms with E-state index in [-0.39, 0.29) is 6.79 Å². The summed E-state index contributed by atoms with van der Waals surface area (Å²) >= 11 is 1.62. The van der Waals surface area contributed by atoms with Crippen LogP contribution in [0.3, 0.4) is 0 Å². The lowest BCUT2D eigenvalue weighted by atomic mass is 10.2. The van der Waals surface area contributed by atoms with Gasteiger partial charge >= 0.3 is 0 Å². The smallest absolute Gasteiger partial charge is 0.231 e. The van der Waals surface area contributed by atoms with Crippen molar-refractivity contribution in [2.45, 2.75) is 26.4 Å². The third kappa shape index (κ3) is 2.85. The molecular formula is C15H15NO4S. The van der Waals surface area contributed by atoms with Crippen LogP contribution in [0.25, 0.3) is 0 Å². The van der Waals surface area contributed by atoms with Gasteiger partial charge in [-0.05, 0) is 6.07 Å². The molecule has 3 rings (SSSR count). The van der Waals surface area contributed by atoms with Crippen LogP contribution in [0.15, 0.2) is 17.5 Å². The standard InChI is InChI=1S/C15H15NO4S/c1-9(2)15-16-11(7-21-15)6-18-12-4-14-13(19-8-20-14)3-10(12)5-17/h3-5,7,9H,6,8H2,1-2H3. The molecule has 21 heavy (non-hydrogen) atoms. The van der Waals surface area contributed by atoms with Crippen molar-refractivity contribution in [3.63, 3.8) is 0 Å². The summed E-state index contributed by atoms with van der Waals surface area (Å²) in [4.78, 5) is 15.6. The van der Waals surface area contributed by atoms with E-state index in [9.17, 15) is 4.79 Å². The fourth-order valence-corrected chi connectivity index (χ4v) is 2.78. The molecule has 1 aliphatic heterocycles. The predicted molar refractivity (Wildman–Crippen MR) is 78.5 cm³/mol. The van der Waals surface area contributed by atoms with E-state index in [2.05, 4.69) is 18.8 Å². The van der Waals surface area contributed by atoms with Gasteiger partial charge in [0.15, 0.2) is 17.8 Å². The Bertz CT molecular complexity index is 666. The molecule has 0 amide bonds. The first kappa shape index (κ1) is 13.9. The van der Waals surface area contributed by atoms with Crippen LogP contribution >= 0.6 is 11.3 Å². The van der Waals surface area contributed by atoms with Crippen LogP contribution in [0.1, 0.15) is 40.8 Å². The SMILES string of the molecule is CC(C)c1nc(COc2cc3c(cc2C=O)OCO3)cs1. The number of hydrogen-bond donors (Lipinski definition) is 0. The van der Waals surface area contributed by atoms with Gasteiger partial charge in [-0.15, -0.1) is 11.3 Å². The first-order valence-electron chi connectivity index (χ1n) is 6.63. The van der Waals surface area contributed by atoms with Crippen molar-refractivity contribution in [1.82, 2.24) is 4.98 Å². The van der Waals surface area contributed by atoms with Crippen molar-refractivity contribution in [3.05, 3.63) is 33.8 Å². The molecule has 0 saturated carbocycles. The lowest BCUT2D eigenvalue weighted by Crippen LogP contribution is -1.99. The van der Waals surface area contributed by atoms with Gasteiger partial charge in [0.1, 0.15) is 12.4 Å². The predicted octanol–water partition coefficient (Wildman–Crippen LogP) is 3.39. The average molecular weight is 305 g/mol. The molecular weight excluding hydrogens is 290 g/mol. The number of fused-ring (bicyclic) bond motifs is 1. The highest BCUT2D eigenvalue weighted by molar-refractivity contribution is 7.09. The topological polar surface area (TPSA) is 57.7 Å². The molecule has 6 heteroatoms. The summed E-state index contributed by atoms with van der Waals surface area (Å²) in [5, 5.41) is 3.05. The van der Waals surface area contributed by atoms with Crippen molar-refractivity contribution >= 4 is 17.6 Å². The van der Waals surface area contributed by atoms with Gasteiger partial charge in [0.05, 0.1) is 16.3 Å². The normalized spacial score (nSPS) is 12.7. The second-order valence-electron chi connectivity index (χ2n) is 4.98. The van der Waals surface area contributed by atoms with Gasteiger partial charge in [-0.25, -0.2) is 4.98 Å². The lowest BCUT2D eigenvalue weighted by Gasteiger charge is -2.08.